The number of ether oxygens (including phenoxy) is 11. The molecule has 0 aromatic carbocycles. The third-order valence-electron chi connectivity index (χ3n) is 7.27. The number of cyclic esters (lactones) is 2. The van der Waals surface area contributed by atoms with Gasteiger partial charge in [-0.1, -0.05) is 0 Å². The highest BCUT2D eigenvalue weighted by Crippen LogP contribution is 2.43. The number of aliphatic hydroxyl groups excluding tert-OH is 1. The Bertz CT molecular complexity index is 1300. The molecule has 0 aromatic heterocycles. The van der Waals surface area contributed by atoms with Gasteiger partial charge in [0.05, 0.1) is 5.92 Å². The third kappa shape index (κ3) is 10.2. The second-order valence-electron chi connectivity index (χ2n) is 11.2. The number of rotatable bonds is 11. The summed E-state index contributed by atoms with van der Waals surface area (Å²) in [6.07, 6.45) is -20.0. The van der Waals surface area contributed by atoms with Crippen molar-refractivity contribution in [2.24, 2.45) is 5.92 Å². The lowest BCUT2D eigenvalue weighted by Gasteiger charge is -2.52. The Hall–Kier alpha value is -4.56. The van der Waals surface area contributed by atoms with Gasteiger partial charge in [0.1, 0.15) is 37.6 Å². The van der Waals surface area contributed by atoms with Crippen LogP contribution < -0.4 is 0 Å². The highest BCUT2D eigenvalue weighted by Gasteiger charge is 2.64. The number of esters is 7. The summed E-state index contributed by atoms with van der Waals surface area (Å²) in [5, 5.41) is 11.3. The Kier molecular flexibility index (Phi) is 13.3. The fourth-order valence-corrected chi connectivity index (χ4v) is 5.85. The van der Waals surface area contributed by atoms with Crippen LogP contribution >= 0.6 is 0 Å². The van der Waals surface area contributed by atoms with E-state index in [1.54, 1.807) is 0 Å². The van der Waals surface area contributed by atoms with E-state index in [1.807, 2.05) is 0 Å². The van der Waals surface area contributed by atoms with Crippen LogP contribution in [-0.2, 0) is 85.7 Å². The smallest absolute Gasteiger partial charge is 0.462 e. The highest BCUT2D eigenvalue weighted by atomic mass is 16.8. The first kappa shape index (κ1) is 38.9. The van der Waals surface area contributed by atoms with Crippen molar-refractivity contribution in [2.45, 2.75) is 116 Å². The summed E-state index contributed by atoms with van der Waals surface area (Å²) in [7, 11) is 0. The first-order valence-corrected chi connectivity index (χ1v) is 14.9. The van der Waals surface area contributed by atoms with E-state index in [0.29, 0.717) is 0 Å². The van der Waals surface area contributed by atoms with Crippen molar-refractivity contribution in [1.29, 1.82) is 0 Å². The minimum atomic E-state index is -2.12. The molecule has 1 N–H and O–H groups in total. The molecule has 3 aliphatic heterocycles. The van der Waals surface area contributed by atoms with Crippen LogP contribution in [0.4, 0.5) is 4.79 Å². The Morgan fingerprint density at radius 3 is 1.61 bits per heavy atom. The summed E-state index contributed by atoms with van der Waals surface area (Å²) >= 11 is 0. The van der Waals surface area contributed by atoms with Gasteiger partial charge in [-0.3, -0.25) is 33.6 Å². The zero-order valence-corrected chi connectivity index (χ0v) is 27.5. The molecular formula is C29H38O20. The maximum Gasteiger partial charge on any atom is 0.508 e. The second kappa shape index (κ2) is 16.7. The van der Waals surface area contributed by atoms with Crippen LogP contribution in [0, 0.1) is 5.92 Å². The molecule has 0 aromatic rings. The molecule has 0 amide bonds. The molecule has 12 atom stereocenters. The normalized spacial score (nSPS) is 33.0. The Morgan fingerprint density at radius 2 is 1.14 bits per heavy atom. The first-order valence-electron chi connectivity index (χ1n) is 14.9. The lowest BCUT2D eigenvalue weighted by molar-refractivity contribution is -0.330. The summed E-state index contributed by atoms with van der Waals surface area (Å²) in [6.45, 7) is 5.85. The van der Waals surface area contributed by atoms with Gasteiger partial charge in [0.2, 0.25) is 0 Å². The molecule has 0 aliphatic carbocycles. The van der Waals surface area contributed by atoms with E-state index in [2.05, 4.69) is 0 Å². The van der Waals surface area contributed by atoms with Crippen LogP contribution in [0.2, 0.25) is 0 Å². The van der Waals surface area contributed by atoms with Crippen LogP contribution in [0.5, 0.6) is 0 Å². The summed E-state index contributed by atoms with van der Waals surface area (Å²) < 4.78 is 60.0. The molecule has 3 saturated heterocycles. The van der Waals surface area contributed by atoms with Crippen LogP contribution in [-0.4, -0.2) is 134 Å². The van der Waals surface area contributed by atoms with E-state index in [4.69, 9.17) is 52.1 Å². The molecule has 0 spiro atoms. The largest absolute Gasteiger partial charge is 0.508 e. The SMILES string of the molecule is CC(=O)OC[C@H](OC(C)=O)[C@H]1OC(O)[C@@H](OC(C)=O)[C@@H]([C@H]2O[C@H]([C@@H]3COC(=O)O3)[C@@H](OC(C)=O)[C@H](OC(C)=O)[C@@H]2OC(C)=O)[C@@H]1OC(C)=O. The lowest BCUT2D eigenvalue weighted by Crippen LogP contribution is -2.71. The standard InChI is InChI=1S/C29H38O20/c1-10(30)39-8-17(41-11(2)31)20-22(42-12(3)32)19(24(28(37)49-20)43-13(4)33)23-26(45-15(6)35)27(46-16(7)36)25(44-14(5)34)21(48-23)18-9-40-29(38)47-18/h17-28,37H,8-9H2,1-7H3/t17-,18-,19+,20+,21+,22-,23+,24-,25+,26+,27-,28?/m0/s1. The molecule has 3 aliphatic rings. The monoisotopic (exact) mass is 706 g/mol. The predicted octanol–water partition coefficient (Wildman–Crippen LogP) is -1.22. The van der Waals surface area contributed by atoms with Crippen LogP contribution in [0.1, 0.15) is 48.5 Å². The summed E-state index contributed by atoms with van der Waals surface area (Å²) in [6, 6.07) is 0. The van der Waals surface area contributed by atoms with Gasteiger partial charge >= 0.3 is 47.9 Å². The quantitative estimate of drug-likeness (QED) is 0.195. The van der Waals surface area contributed by atoms with Crippen molar-refractivity contribution in [3.05, 3.63) is 0 Å². The van der Waals surface area contributed by atoms with Crippen molar-refractivity contribution in [2.75, 3.05) is 13.2 Å². The molecule has 1 unspecified atom stereocenters. The Morgan fingerprint density at radius 1 is 0.653 bits per heavy atom. The molecule has 0 bridgehead atoms. The van der Waals surface area contributed by atoms with Crippen molar-refractivity contribution in [3.63, 3.8) is 0 Å². The van der Waals surface area contributed by atoms with E-state index < -0.39 is 134 Å². The number of aliphatic hydroxyl groups is 1. The Balaban J connectivity index is 2.31. The number of hydrogen-bond acceptors (Lipinski definition) is 20. The number of carbonyl (C=O) groups excluding carboxylic acids is 8. The minimum absolute atomic E-state index is 0.463. The topological polar surface area (TPSA) is 258 Å². The van der Waals surface area contributed by atoms with Gasteiger partial charge in [0.25, 0.3) is 0 Å². The molecule has 274 valence electrons. The van der Waals surface area contributed by atoms with E-state index in [0.717, 1.165) is 48.5 Å². The van der Waals surface area contributed by atoms with E-state index in [1.165, 1.54) is 0 Å². The average Bonchev–Trinajstić information content (AvgIpc) is 3.39. The highest BCUT2D eigenvalue weighted by molar-refractivity contribution is 5.70. The molecule has 0 radical (unpaired) electrons. The second-order valence-corrected chi connectivity index (χ2v) is 11.2. The number of hydrogen-bond donors (Lipinski definition) is 1. The maximum absolute atomic E-state index is 12.6. The van der Waals surface area contributed by atoms with Gasteiger partial charge in [-0.25, -0.2) is 4.79 Å². The van der Waals surface area contributed by atoms with E-state index in [-0.39, 0.29) is 0 Å². The van der Waals surface area contributed by atoms with E-state index >= 15 is 0 Å². The van der Waals surface area contributed by atoms with Crippen molar-refractivity contribution < 1.29 is 95.6 Å². The maximum atomic E-state index is 12.6. The minimum Gasteiger partial charge on any atom is -0.462 e. The zero-order chi connectivity index (χ0) is 36.7. The molecule has 20 heteroatoms. The van der Waals surface area contributed by atoms with Crippen LogP contribution in [0.15, 0.2) is 0 Å². The van der Waals surface area contributed by atoms with Gasteiger partial charge in [-0.15, -0.1) is 0 Å². The molecule has 3 fully saturated rings. The van der Waals surface area contributed by atoms with Crippen molar-refractivity contribution in [3.8, 4) is 0 Å². The van der Waals surface area contributed by atoms with Gasteiger partial charge < -0.3 is 57.2 Å². The zero-order valence-electron chi connectivity index (χ0n) is 27.5. The molecular weight excluding hydrogens is 668 g/mol. The van der Waals surface area contributed by atoms with Crippen LogP contribution in [0.3, 0.4) is 0 Å². The molecule has 0 saturated carbocycles. The van der Waals surface area contributed by atoms with Crippen molar-refractivity contribution in [1.82, 2.24) is 0 Å². The van der Waals surface area contributed by atoms with Gasteiger partial charge in [-0.2, -0.15) is 0 Å². The molecule has 3 rings (SSSR count). The summed E-state index contributed by atoms with van der Waals surface area (Å²) in [5.74, 6) is -8.26. The predicted molar refractivity (Wildman–Crippen MR) is 149 cm³/mol. The summed E-state index contributed by atoms with van der Waals surface area (Å²) in [5.41, 5.74) is 0. The molecule has 49 heavy (non-hydrogen) atoms. The molecule has 3 heterocycles. The number of carbonyl (C=O) groups is 8. The summed E-state index contributed by atoms with van der Waals surface area (Å²) in [4.78, 5) is 98.0. The first-order chi connectivity index (χ1) is 22.9. The van der Waals surface area contributed by atoms with Gasteiger partial charge in [-0.05, 0) is 0 Å². The van der Waals surface area contributed by atoms with Gasteiger partial charge in [0, 0.05) is 48.5 Å². The molecule has 20 nitrogen and oxygen atoms in total. The average molecular weight is 707 g/mol. The fraction of sp³-hybridized carbons (Fsp3) is 0.724. The van der Waals surface area contributed by atoms with Gasteiger partial charge in [0.15, 0.2) is 42.9 Å². The third-order valence-corrected chi connectivity index (χ3v) is 7.27. The van der Waals surface area contributed by atoms with Crippen molar-refractivity contribution >= 4 is 47.9 Å². The fourth-order valence-electron chi connectivity index (χ4n) is 5.85. The van der Waals surface area contributed by atoms with E-state index in [9.17, 15) is 43.5 Å². The lowest BCUT2D eigenvalue weighted by atomic mass is 9.76. The Labute approximate surface area is 278 Å². The van der Waals surface area contributed by atoms with Crippen LogP contribution in [0.25, 0.3) is 0 Å².